The largest absolute Gasteiger partial charge is 0.472 e. The van der Waals surface area contributed by atoms with Gasteiger partial charge in [-0.3, -0.25) is 4.79 Å². The van der Waals surface area contributed by atoms with Gasteiger partial charge >= 0.3 is 0 Å². The average molecular weight is 219 g/mol. The Labute approximate surface area is 95.2 Å². The van der Waals surface area contributed by atoms with Crippen LogP contribution in [0.1, 0.15) is 36.0 Å². The molecule has 0 amide bonds. The highest BCUT2D eigenvalue weighted by Gasteiger charge is 2.39. The topological polar surface area (TPSA) is 42.2 Å². The van der Waals surface area contributed by atoms with Crippen LogP contribution in [-0.2, 0) is 0 Å². The smallest absolute Gasteiger partial charge is 0.167 e. The lowest BCUT2D eigenvalue weighted by Gasteiger charge is -2.16. The quantitative estimate of drug-likeness (QED) is 0.793. The summed E-state index contributed by atoms with van der Waals surface area (Å²) in [6.07, 6.45) is 7.71. The van der Waals surface area contributed by atoms with Crippen molar-refractivity contribution < 1.29 is 9.21 Å². The highest BCUT2D eigenvalue weighted by molar-refractivity contribution is 5.96. The van der Waals surface area contributed by atoms with E-state index in [0.717, 1.165) is 18.4 Å². The molecule has 1 aromatic rings. The zero-order chi connectivity index (χ0) is 11.0. The van der Waals surface area contributed by atoms with Gasteiger partial charge in [-0.1, -0.05) is 6.42 Å². The van der Waals surface area contributed by atoms with Gasteiger partial charge in [0, 0.05) is 12.5 Å². The molecule has 2 aliphatic rings. The molecule has 1 N–H and O–H groups in total. The number of nitrogens with one attached hydrogen (secondary N) is 1. The maximum absolute atomic E-state index is 12.0. The summed E-state index contributed by atoms with van der Waals surface area (Å²) in [4.78, 5) is 12.0. The van der Waals surface area contributed by atoms with Crippen molar-refractivity contribution in [3.8, 4) is 0 Å². The standard InChI is InChI=1S/C13H17NO2/c15-13(10-4-5-16-8-10)6-12-11-3-1-2-9(11)7-14-12/h4-5,8-9,11-12,14H,1-3,6-7H2. The summed E-state index contributed by atoms with van der Waals surface area (Å²) < 4.78 is 4.95. The van der Waals surface area contributed by atoms with Gasteiger partial charge in [0.25, 0.3) is 0 Å². The molecule has 3 rings (SSSR count). The second-order valence-corrected chi connectivity index (χ2v) is 5.01. The molecular formula is C13H17NO2. The van der Waals surface area contributed by atoms with E-state index in [1.807, 2.05) is 0 Å². The van der Waals surface area contributed by atoms with Crippen molar-refractivity contribution in [2.45, 2.75) is 31.7 Å². The van der Waals surface area contributed by atoms with E-state index in [2.05, 4.69) is 5.32 Å². The van der Waals surface area contributed by atoms with Gasteiger partial charge in [0.15, 0.2) is 5.78 Å². The number of carbonyl (C=O) groups excluding carboxylic acids is 1. The minimum Gasteiger partial charge on any atom is -0.472 e. The fourth-order valence-corrected chi connectivity index (χ4v) is 3.27. The molecule has 3 nitrogen and oxygen atoms in total. The number of fused-ring (bicyclic) bond motifs is 1. The lowest BCUT2D eigenvalue weighted by Crippen LogP contribution is -2.29. The maximum Gasteiger partial charge on any atom is 0.167 e. The number of furan rings is 1. The first kappa shape index (κ1) is 10.1. The van der Waals surface area contributed by atoms with Crippen LogP contribution >= 0.6 is 0 Å². The molecule has 0 bridgehead atoms. The van der Waals surface area contributed by atoms with Crippen molar-refractivity contribution >= 4 is 5.78 Å². The third-order valence-corrected chi connectivity index (χ3v) is 4.13. The summed E-state index contributed by atoms with van der Waals surface area (Å²) in [7, 11) is 0. The molecule has 16 heavy (non-hydrogen) atoms. The van der Waals surface area contributed by atoms with Crippen molar-refractivity contribution in [1.82, 2.24) is 5.32 Å². The van der Waals surface area contributed by atoms with Crippen molar-refractivity contribution in [3.63, 3.8) is 0 Å². The van der Waals surface area contributed by atoms with Crippen LogP contribution in [0.15, 0.2) is 23.0 Å². The maximum atomic E-state index is 12.0. The first-order valence-corrected chi connectivity index (χ1v) is 6.13. The van der Waals surface area contributed by atoms with Crippen LogP contribution < -0.4 is 5.32 Å². The first-order valence-electron chi connectivity index (χ1n) is 6.13. The fraction of sp³-hybridized carbons (Fsp3) is 0.615. The average Bonchev–Trinajstić information content (AvgIpc) is 2.94. The van der Waals surface area contributed by atoms with E-state index in [0.29, 0.717) is 18.0 Å². The van der Waals surface area contributed by atoms with Gasteiger partial charge in [-0.05, 0) is 37.3 Å². The normalized spacial score (nSPS) is 32.9. The molecule has 3 atom stereocenters. The van der Waals surface area contributed by atoms with Crippen LogP contribution in [0.2, 0.25) is 0 Å². The summed E-state index contributed by atoms with van der Waals surface area (Å²) in [6.45, 7) is 1.11. The number of ketones is 1. The number of carbonyl (C=O) groups is 1. The second-order valence-electron chi connectivity index (χ2n) is 5.01. The molecule has 3 heteroatoms. The second kappa shape index (κ2) is 4.06. The van der Waals surface area contributed by atoms with E-state index in [1.54, 1.807) is 18.6 Å². The molecular weight excluding hydrogens is 202 g/mol. The zero-order valence-corrected chi connectivity index (χ0v) is 9.32. The van der Waals surface area contributed by atoms with Crippen LogP contribution in [-0.4, -0.2) is 18.4 Å². The van der Waals surface area contributed by atoms with Crippen LogP contribution in [0.4, 0.5) is 0 Å². The summed E-state index contributed by atoms with van der Waals surface area (Å²) in [5.41, 5.74) is 0.711. The summed E-state index contributed by atoms with van der Waals surface area (Å²) in [5.74, 6) is 1.76. The van der Waals surface area contributed by atoms with E-state index in [-0.39, 0.29) is 5.78 Å². The van der Waals surface area contributed by atoms with Gasteiger partial charge in [0.1, 0.15) is 6.26 Å². The van der Waals surface area contributed by atoms with Gasteiger partial charge in [-0.2, -0.15) is 0 Å². The summed E-state index contributed by atoms with van der Waals surface area (Å²) in [5, 5.41) is 3.50. The van der Waals surface area contributed by atoms with Crippen molar-refractivity contribution in [2.75, 3.05) is 6.54 Å². The van der Waals surface area contributed by atoms with Crippen LogP contribution in [0.3, 0.4) is 0 Å². The Morgan fingerprint density at radius 2 is 2.44 bits per heavy atom. The van der Waals surface area contributed by atoms with Crippen LogP contribution in [0, 0.1) is 11.8 Å². The zero-order valence-electron chi connectivity index (χ0n) is 9.32. The number of rotatable bonds is 3. The third-order valence-electron chi connectivity index (χ3n) is 4.13. The highest BCUT2D eigenvalue weighted by Crippen LogP contribution is 2.38. The van der Waals surface area contributed by atoms with E-state index in [1.165, 1.54) is 19.3 Å². The molecule has 2 fully saturated rings. The predicted molar refractivity (Wildman–Crippen MR) is 60.3 cm³/mol. The van der Waals surface area contributed by atoms with E-state index >= 15 is 0 Å². The Morgan fingerprint density at radius 3 is 3.25 bits per heavy atom. The highest BCUT2D eigenvalue weighted by atomic mass is 16.3. The third kappa shape index (κ3) is 1.69. The summed E-state index contributed by atoms with van der Waals surface area (Å²) >= 11 is 0. The van der Waals surface area contributed by atoms with Crippen molar-refractivity contribution in [1.29, 1.82) is 0 Å². The van der Waals surface area contributed by atoms with Gasteiger partial charge in [0.05, 0.1) is 11.8 Å². The van der Waals surface area contributed by atoms with Crippen molar-refractivity contribution in [2.24, 2.45) is 11.8 Å². The monoisotopic (exact) mass is 219 g/mol. The van der Waals surface area contributed by atoms with Crippen LogP contribution in [0.5, 0.6) is 0 Å². The number of hydrogen-bond donors (Lipinski definition) is 1. The minimum atomic E-state index is 0.207. The van der Waals surface area contributed by atoms with E-state index in [9.17, 15) is 4.79 Å². The van der Waals surface area contributed by atoms with Gasteiger partial charge < -0.3 is 9.73 Å². The fourth-order valence-electron chi connectivity index (χ4n) is 3.27. The first-order chi connectivity index (χ1) is 7.84. The van der Waals surface area contributed by atoms with Gasteiger partial charge in [-0.15, -0.1) is 0 Å². The van der Waals surface area contributed by atoms with Crippen molar-refractivity contribution in [3.05, 3.63) is 24.2 Å². The Kier molecular flexibility index (Phi) is 2.56. The molecule has 2 heterocycles. The number of Topliss-reactive ketones (excluding diaryl/α,β-unsaturated/α-hetero) is 1. The Bertz CT molecular complexity index is 371. The Morgan fingerprint density at radius 1 is 1.50 bits per heavy atom. The van der Waals surface area contributed by atoms with Gasteiger partial charge in [-0.25, -0.2) is 0 Å². The Balaban J connectivity index is 1.65. The lowest BCUT2D eigenvalue weighted by molar-refractivity contribution is 0.0963. The van der Waals surface area contributed by atoms with Crippen LogP contribution in [0.25, 0.3) is 0 Å². The molecule has 0 spiro atoms. The molecule has 0 aromatic carbocycles. The number of hydrogen-bond acceptors (Lipinski definition) is 3. The lowest BCUT2D eigenvalue weighted by atomic mass is 9.90. The molecule has 1 aliphatic heterocycles. The molecule has 1 aromatic heterocycles. The molecule has 1 aliphatic carbocycles. The molecule has 1 saturated heterocycles. The van der Waals surface area contributed by atoms with Gasteiger partial charge in [0.2, 0.25) is 0 Å². The Hall–Kier alpha value is -1.09. The molecule has 1 saturated carbocycles. The van der Waals surface area contributed by atoms with E-state index in [4.69, 9.17) is 4.42 Å². The minimum absolute atomic E-state index is 0.207. The van der Waals surface area contributed by atoms with E-state index < -0.39 is 0 Å². The SMILES string of the molecule is O=C(CC1NCC2CCCC21)c1ccoc1. The predicted octanol–water partition coefficient (Wildman–Crippen LogP) is 2.24. The molecule has 86 valence electrons. The summed E-state index contributed by atoms with van der Waals surface area (Å²) in [6, 6.07) is 2.15. The molecule has 0 radical (unpaired) electrons. The molecule has 3 unspecified atom stereocenters.